The molecule has 0 saturated carbocycles. The van der Waals surface area contributed by atoms with E-state index in [-0.39, 0.29) is 6.09 Å². The summed E-state index contributed by atoms with van der Waals surface area (Å²) in [6.07, 6.45) is 1.67. The van der Waals surface area contributed by atoms with E-state index < -0.39 is 5.60 Å². The molecule has 0 radical (unpaired) electrons. The van der Waals surface area contributed by atoms with Crippen molar-refractivity contribution >= 4 is 17.5 Å². The first-order chi connectivity index (χ1) is 12.3. The van der Waals surface area contributed by atoms with Gasteiger partial charge in [0, 0.05) is 26.2 Å². The molecule has 2 saturated heterocycles. The largest absolute Gasteiger partial charge is 0.444 e. The van der Waals surface area contributed by atoms with Crippen LogP contribution < -0.4 is 10.6 Å². The van der Waals surface area contributed by atoms with Crippen molar-refractivity contribution in [1.29, 1.82) is 0 Å². The van der Waals surface area contributed by atoms with Crippen LogP contribution >= 0.6 is 0 Å². The first-order valence-corrected chi connectivity index (χ1v) is 9.53. The van der Waals surface area contributed by atoms with Crippen molar-refractivity contribution in [3.05, 3.63) is 23.8 Å². The number of anilines is 2. The molecular formula is C20H31N3O3. The summed E-state index contributed by atoms with van der Waals surface area (Å²) in [6.45, 7) is 10.4. The Bertz CT molecular complexity index is 628. The molecule has 2 N–H and O–H groups in total. The van der Waals surface area contributed by atoms with E-state index in [0.717, 1.165) is 63.6 Å². The van der Waals surface area contributed by atoms with Crippen molar-refractivity contribution in [3.8, 4) is 0 Å². The van der Waals surface area contributed by atoms with Gasteiger partial charge in [-0.25, -0.2) is 4.79 Å². The Hall–Kier alpha value is -1.95. The number of carbonyl (C=O) groups is 1. The highest BCUT2D eigenvalue weighted by Gasteiger charge is 2.27. The van der Waals surface area contributed by atoms with Crippen LogP contribution in [0.25, 0.3) is 0 Å². The number of carbonyl (C=O) groups excluding carboxylic acids is 1. The number of nitrogens with two attached hydrogens (primary N) is 1. The Kier molecular flexibility index (Phi) is 5.61. The van der Waals surface area contributed by atoms with Gasteiger partial charge in [0.25, 0.3) is 0 Å². The third kappa shape index (κ3) is 4.61. The lowest BCUT2D eigenvalue weighted by molar-refractivity contribution is 0.0205. The number of benzene rings is 1. The molecule has 2 heterocycles. The van der Waals surface area contributed by atoms with Gasteiger partial charge in [-0.15, -0.1) is 0 Å². The predicted molar refractivity (Wildman–Crippen MR) is 104 cm³/mol. The molecule has 26 heavy (non-hydrogen) atoms. The zero-order valence-corrected chi connectivity index (χ0v) is 16.2. The van der Waals surface area contributed by atoms with Crippen LogP contribution in [-0.4, -0.2) is 56.0 Å². The van der Waals surface area contributed by atoms with Crippen LogP contribution in [0.5, 0.6) is 0 Å². The minimum absolute atomic E-state index is 0.210. The van der Waals surface area contributed by atoms with Crippen LogP contribution in [-0.2, 0) is 9.47 Å². The highest BCUT2D eigenvalue weighted by atomic mass is 16.6. The van der Waals surface area contributed by atoms with E-state index in [1.807, 2.05) is 25.7 Å². The summed E-state index contributed by atoms with van der Waals surface area (Å²) in [7, 11) is 0. The van der Waals surface area contributed by atoms with Gasteiger partial charge < -0.3 is 25.0 Å². The smallest absolute Gasteiger partial charge is 0.410 e. The van der Waals surface area contributed by atoms with E-state index in [2.05, 4.69) is 23.1 Å². The zero-order chi connectivity index (χ0) is 18.7. The van der Waals surface area contributed by atoms with Crippen molar-refractivity contribution < 1.29 is 14.3 Å². The Labute approximate surface area is 156 Å². The topological polar surface area (TPSA) is 68.0 Å². The minimum Gasteiger partial charge on any atom is -0.444 e. The highest BCUT2D eigenvalue weighted by molar-refractivity contribution is 5.69. The van der Waals surface area contributed by atoms with Gasteiger partial charge in [-0.05, 0) is 57.2 Å². The number of rotatable bonds is 2. The van der Waals surface area contributed by atoms with E-state index >= 15 is 0 Å². The number of ether oxygens (including phenoxy) is 2. The molecule has 0 aliphatic carbocycles. The average Bonchev–Trinajstić information content (AvgIpc) is 2.61. The molecule has 1 amide bonds. The predicted octanol–water partition coefficient (Wildman–Crippen LogP) is 3.22. The Morgan fingerprint density at radius 1 is 1.15 bits per heavy atom. The summed E-state index contributed by atoms with van der Waals surface area (Å²) >= 11 is 0. The fourth-order valence-electron chi connectivity index (χ4n) is 3.64. The van der Waals surface area contributed by atoms with E-state index in [1.54, 1.807) is 0 Å². The second-order valence-corrected chi connectivity index (χ2v) is 8.16. The van der Waals surface area contributed by atoms with Gasteiger partial charge in [0.2, 0.25) is 0 Å². The van der Waals surface area contributed by atoms with Crippen LogP contribution in [0.1, 0.15) is 45.1 Å². The monoisotopic (exact) mass is 361 g/mol. The number of nitrogen functional groups attached to an aromatic ring is 1. The summed E-state index contributed by atoms with van der Waals surface area (Å²) in [5.41, 5.74) is 9.09. The summed E-state index contributed by atoms with van der Waals surface area (Å²) in [5.74, 6) is 0.440. The number of hydrogen-bond acceptors (Lipinski definition) is 5. The first kappa shape index (κ1) is 18.8. The van der Waals surface area contributed by atoms with Gasteiger partial charge in [0.15, 0.2) is 0 Å². The van der Waals surface area contributed by atoms with Crippen LogP contribution in [0.3, 0.4) is 0 Å². The quantitative estimate of drug-likeness (QED) is 0.819. The number of amides is 1. The van der Waals surface area contributed by atoms with Gasteiger partial charge in [0.1, 0.15) is 5.60 Å². The van der Waals surface area contributed by atoms with Gasteiger partial charge >= 0.3 is 6.09 Å². The van der Waals surface area contributed by atoms with Gasteiger partial charge in [0.05, 0.1) is 24.6 Å². The van der Waals surface area contributed by atoms with Crippen LogP contribution in [0, 0.1) is 0 Å². The second kappa shape index (κ2) is 7.74. The molecular weight excluding hydrogens is 330 g/mol. The first-order valence-electron chi connectivity index (χ1n) is 9.53. The van der Waals surface area contributed by atoms with Crippen molar-refractivity contribution in [1.82, 2.24) is 4.90 Å². The molecule has 0 spiro atoms. The maximum atomic E-state index is 12.2. The van der Waals surface area contributed by atoms with Crippen molar-refractivity contribution in [2.75, 3.05) is 50.0 Å². The summed E-state index contributed by atoms with van der Waals surface area (Å²) in [5, 5.41) is 0. The van der Waals surface area contributed by atoms with Crippen LogP contribution in [0.4, 0.5) is 16.2 Å². The van der Waals surface area contributed by atoms with Crippen LogP contribution in [0.2, 0.25) is 0 Å². The SMILES string of the molecule is CC(C)(C)OC(=O)N1CCC(c2ccc(N3CCOCC3)c(N)c2)CC1. The molecule has 0 bridgehead atoms. The molecule has 1 aromatic rings. The number of hydrogen-bond donors (Lipinski definition) is 1. The molecule has 144 valence electrons. The average molecular weight is 361 g/mol. The van der Waals surface area contributed by atoms with Gasteiger partial charge in [-0.1, -0.05) is 6.07 Å². The lowest BCUT2D eigenvalue weighted by Gasteiger charge is -2.34. The fraction of sp³-hybridized carbons (Fsp3) is 0.650. The Morgan fingerprint density at radius 3 is 2.38 bits per heavy atom. The molecule has 2 fully saturated rings. The fourth-order valence-corrected chi connectivity index (χ4v) is 3.64. The zero-order valence-electron chi connectivity index (χ0n) is 16.2. The number of likely N-dealkylation sites (tertiary alicyclic amines) is 1. The van der Waals surface area contributed by atoms with E-state index in [0.29, 0.717) is 5.92 Å². The lowest BCUT2D eigenvalue weighted by atomic mass is 9.89. The van der Waals surface area contributed by atoms with Crippen molar-refractivity contribution in [2.24, 2.45) is 0 Å². The molecule has 0 aromatic heterocycles. The molecule has 0 atom stereocenters. The van der Waals surface area contributed by atoms with E-state index in [4.69, 9.17) is 15.2 Å². The standard InChI is InChI=1S/C20H31N3O3/c1-20(2,3)26-19(24)23-8-6-15(7-9-23)16-4-5-18(17(21)14-16)22-10-12-25-13-11-22/h4-5,14-15H,6-13,21H2,1-3H3. The number of nitrogens with zero attached hydrogens (tertiary/aromatic N) is 2. The third-order valence-corrected chi connectivity index (χ3v) is 5.02. The molecule has 1 aromatic carbocycles. The summed E-state index contributed by atoms with van der Waals surface area (Å²) in [4.78, 5) is 16.3. The maximum absolute atomic E-state index is 12.2. The van der Waals surface area contributed by atoms with Crippen molar-refractivity contribution in [3.63, 3.8) is 0 Å². The molecule has 0 unspecified atom stereocenters. The molecule has 6 nitrogen and oxygen atoms in total. The highest BCUT2D eigenvalue weighted by Crippen LogP contribution is 2.33. The van der Waals surface area contributed by atoms with Gasteiger partial charge in [-0.2, -0.15) is 0 Å². The molecule has 6 heteroatoms. The van der Waals surface area contributed by atoms with E-state index in [9.17, 15) is 4.79 Å². The molecule has 2 aliphatic rings. The lowest BCUT2D eigenvalue weighted by Crippen LogP contribution is -2.41. The molecule has 3 rings (SSSR count). The molecule has 2 aliphatic heterocycles. The maximum Gasteiger partial charge on any atom is 0.410 e. The summed E-state index contributed by atoms with van der Waals surface area (Å²) < 4.78 is 10.9. The number of morpholine rings is 1. The Morgan fingerprint density at radius 2 is 1.81 bits per heavy atom. The summed E-state index contributed by atoms with van der Waals surface area (Å²) in [6, 6.07) is 6.43. The second-order valence-electron chi connectivity index (χ2n) is 8.16. The van der Waals surface area contributed by atoms with Crippen molar-refractivity contribution in [2.45, 2.75) is 45.1 Å². The third-order valence-electron chi connectivity index (χ3n) is 5.02. The van der Waals surface area contributed by atoms with Crippen LogP contribution in [0.15, 0.2) is 18.2 Å². The van der Waals surface area contributed by atoms with Gasteiger partial charge in [-0.3, -0.25) is 0 Å². The normalized spacial score (nSPS) is 19.5. The number of piperidine rings is 1. The van der Waals surface area contributed by atoms with E-state index in [1.165, 1.54) is 5.56 Å². The Balaban J connectivity index is 1.59. The minimum atomic E-state index is -0.447.